The summed E-state index contributed by atoms with van der Waals surface area (Å²) in [5.74, 6) is 0.335. The van der Waals surface area contributed by atoms with E-state index >= 15 is 0 Å². The minimum Gasteiger partial charge on any atom is -0.496 e. The van der Waals surface area contributed by atoms with Crippen LogP contribution in [-0.2, 0) is 0 Å². The molecule has 0 heterocycles. The van der Waals surface area contributed by atoms with Gasteiger partial charge in [-0.05, 0) is 37.5 Å². The molecule has 0 atom stereocenters. The Kier molecular flexibility index (Phi) is 4.22. The standard InChI is InChI=1S/C12H14Cl2O2/c1-6-7(2)12(16-4)10(9(15)5-13)8(3)11(6)14/h5H2,1-4H3. The Morgan fingerprint density at radius 1 is 1.19 bits per heavy atom. The zero-order valence-corrected chi connectivity index (χ0v) is 11.3. The maximum Gasteiger partial charge on any atom is 0.181 e. The second-order valence-electron chi connectivity index (χ2n) is 3.65. The SMILES string of the molecule is COc1c(C)c(C)c(Cl)c(C)c1C(=O)CCl. The Labute approximate surface area is 106 Å². The summed E-state index contributed by atoms with van der Waals surface area (Å²) in [6.45, 7) is 5.59. The van der Waals surface area contributed by atoms with E-state index in [1.54, 1.807) is 14.0 Å². The van der Waals surface area contributed by atoms with Crippen LogP contribution in [0.15, 0.2) is 0 Å². The molecule has 0 unspecified atom stereocenters. The van der Waals surface area contributed by atoms with Crippen LogP contribution >= 0.6 is 23.2 Å². The van der Waals surface area contributed by atoms with Crippen LogP contribution in [0.2, 0.25) is 5.02 Å². The molecule has 0 amide bonds. The summed E-state index contributed by atoms with van der Waals surface area (Å²) in [7, 11) is 1.54. The second kappa shape index (κ2) is 5.07. The number of rotatable bonds is 3. The fourth-order valence-corrected chi connectivity index (χ4v) is 2.11. The normalized spacial score (nSPS) is 10.4. The molecule has 0 N–H and O–H groups in total. The highest BCUT2D eigenvalue weighted by Gasteiger charge is 2.21. The van der Waals surface area contributed by atoms with E-state index in [1.807, 2.05) is 13.8 Å². The number of carbonyl (C=O) groups is 1. The van der Waals surface area contributed by atoms with Crippen LogP contribution in [0.25, 0.3) is 0 Å². The average molecular weight is 261 g/mol. The summed E-state index contributed by atoms with van der Waals surface area (Å²) in [6.07, 6.45) is 0. The molecule has 0 spiro atoms. The lowest BCUT2D eigenvalue weighted by molar-refractivity contribution is 0.101. The van der Waals surface area contributed by atoms with Gasteiger partial charge in [0.05, 0.1) is 18.6 Å². The number of ketones is 1. The molecule has 16 heavy (non-hydrogen) atoms. The van der Waals surface area contributed by atoms with Gasteiger partial charge in [0.15, 0.2) is 5.78 Å². The van der Waals surface area contributed by atoms with Gasteiger partial charge in [0.1, 0.15) is 5.75 Å². The molecule has 0 aliphatic rings. The lowest BCUT2D eigenvalue weighted by Gasteiger charge is -2.17. The van der Waals surface area contributed by atoms with Gasteiger partial charge in [0.2, 0.25) is 0 Å². The predicted molar refractivity (Wildman–Crippen MR) is 67.3 cm³/mol. The highest BCUT2D eigenvalue weighted by Crippen LogP contribution is 2.36. The van der Waals surface area contributed by atoms with Crippen molar-refractivity contribution in [1.29, 1.82) is 0 Å². The van der Waals surface area contributed by atoms with E-state index < -0.39 is 0 Å². The number of Topliss-reactive ketones (excluding diaryl/α,β-unsaturated/α-hetero) is 1. The molecule has 0 fully saturated rings. The number of alkyl halides is 1. The Balaban J connectivity index is 3.64. The van der Waals surface area contributed by atoms with E-state index in [1.165, 1.54) is 0 Å². The molecule has 1 rings (SSSR count). The van der Waals surface area contributed by atoms with Crippen molar-refractivity contribution in [3.63, 3.8) is 0 Å². The van der Waals surface area contributed by atoms with Crippen molar-refractivity contribution in [1.82, 2.24) is 0 Å². The van der Waals surface area contributed by atoms with Crippen LogP contribution in [0, 0.1) is 20.8 Å². The third kappa shape index (κ3) is 2.04. The van der Waals surface area contributed by atoms with Gasteiger partial charge in [0, 0.05) is 5.02 Å². The fraction of sp³-hybridized carbons (Fsp3) is 0.417. The quantitative estimate of drug-likeness (QED) is 0.612. The van der Waals surface area contributed by atoms with E-state index in [0.29, 0.717) is 16.3 Å². The summed E-state index contributed by atoms with van der Waals surface area (Å²) in [6, 6.07) is 0. The molecule has 0 saturated carbocycles. The third-order valence-corrected chi connectivity index (χ3v) is 3.58. The maximum absolute atomic E-state index is 11.8. The first kappa shape index (κ1) is 13.3. The molecule has 0 aliphatic carbocycles. The highest BCUT2D eigenvalue weighted by molar-refractivity contribution is 6.34. The molecule has 2 nitrogen and oxygen atoms in total. The summed E-state index contributed by atoms with van der Waals surface area (Å²) in [4.78, 5) is 11.8. The van der Waals surface area contributed by atoms with Crippen molar-refractivity contribution in [2.45, 2.75) is 20.8 Å². The number of hydrogen-bond acceptors (Lipinski definition) is 2. The van der Waals surface area contributed by atoms with Crippen molar-refractivity contribution in [3.8, 4) is 5.75 Å². The zero-order valence-electron chi connectivity index (χ0n) is 9.78. The topological polar surface area (TPSA) is 26.3 Å². The van der Waals surface area contributed by atoms with Crippen LogP contribution in [-0.4, -0.2) is 18.8 Å². The smallest absolute Gasteiger partial charge is 0.181 e. The molecule has 1 aromatic rings. The van der Waals surface area contributed by atoms with E-state index in [9.17, 15) is 4.79 Å². The Morgan fingerprint density at radius 2 is 1.75 bits per heavy atom. The van der Waals surface area contributed by atoms with E-state index in [4.69, 9.17) is 27.9 Å². The molecule has 4 heteroatoms. The van der Waals surface area contributed by atoms with Crippen molar-refractivity contribution in [2.24, 2.45) is 0 Å². The number of hydrogen-bond donors (Lipinski definition) is 0. The average Bonchev–Trinajstić information content (AvgIpc) is 2.29. The van der Waals surface area contributed by atoms with Crippen molar-refractivity contribution in [2.75, 3.05) is 13.0 Å². The molecule has 0 bridgehead atoms. The monoisotopic (exact) mass is 260 g/mol. The van der Waals surface area contributed by atoms with E-state index in [-0.39, 0.29) is 11.7 Å². The van der Waals surface area contributed by atoms with Gasteiger partial charge in [-0.1, -0.05) is 11.6 Å². The van der Waals surface area contributed by atoms with Crippen LogP contribution in [0.3, 0.4) is 0 Å². The van der Waals surface area contributed by atoms with Gasteiger partial charge < -0.3 is 4.74 Å². The largest absolute Gasteiger partial charge is 0.496 e. The molecule has 0 saturated heterocycles. The maximum atomic E-state index is 11.8. The molecular weight excluding hydrogens is 247 g/mol. The van der Waals surface area contributed by atoms with E-state index in [2.05, 4.69) is 0 Å². The van der Waals surface area contributed by atoms with Gasteiger partial charge in [0.25, 0.3) is 0 Å². The minimum atomic E-state index is -0.166. The Hall–Kier alpha value is -0.730. The van der Waals surface area contributed by atoms with Crippen molar-refractivity contribution in [3.05, 3.63) is 27.3 Å². The summed E-state index contributed by atoms with van der Waals surface area (Å²) in [5.41, 5.74) is 3.03. The first-order valence-electron chi connectivity index (χ1n) is 4.88. The van der Waals surface area contributed by atoms with Gasteiger partial charge in [-0.15, -0.1) is 11.6 Å². The number of benzene rings is 1. The second-order valence-corrected chi connectivity index (χ2v) is 4.30. The summed E-state index contributed by atoms with van der Waals surface area (Å²) < 4.78 is 5.28. The van der Waals surface area contributed by atoms with E-state index in [0.717, 1.165) is 16.7 Å². The number of ether oxygens (including phenoxy) is 1. The van der Waals surface area contributed by atoms with Crippen LogP contribution in [0.4, 0.5) is 0 Å². The van der Waals surface area contributed by atoms with Crippen LogP contribution in [0.5, 0.6) is 5.75 Å². The first-order chi connectivity index (χ1) is 7.45. The summed E-state index contributed by atoms with van der Waals surface area (Å²) >= 11 is 11.8. The highest BCUT2D eigenvalue weighted by atomic mass is 35.5. The van der Waals surface area contributed by atoms with Crippen LogP contribution < -0.4 is 4.74 Å². The lowest BCUT2D eigenvalue weighted by Crippen LogP contribution is -2.09. The minimum absolute atomic E-state index is 0.0734. The Bertz CT molecular complexity index is 439. The van der Waals surface area contributed by atoms with Gasteiger partial charge in [-0.2, -0.15) is 0 Å². The van der Waals surface area contributed by atoms with Gasteiger partial charge in [-0.25, -0.2) is 0 Å². The molecule has 0 aromatic heterocycles. The van der Waals surface area contributed by atoms with Crippen molar-refractivity contribution < 1.29 is 9.53 Å². The molecule has 0 radical (unpaired) electrons. The number of halogens is 2. The predicted octanol–water partition coefficient (Wildman–Crippen LogP) is 3.70. The zero-order chi connectivity index (χ0) is 12.5. The lowest BCUT2D eigenvalue weighted by atomic mass is 9.96. The van der Waals surface area contributed by atoms with Crippen LogP contribution in [0.1, 0.15) is 27.0 Å². The molecule has 0 aliphatic heterocycles. The fourth-order valence-electron chi connectivity index (χ4n) is 1.74. The third-order valence-electron chi connectivity index (χ3n) is 2.77. The van der Waals surface area contributed by atoms with Gasteiger partial charge >= 0.3 is 0 Å². The number of methoxy groups -OCH3 is 1. The Morgan fingerprint density at radius 3 is 2.19 bits per heavy atom. The molecule has 88 valence electrons. The first-order valence-corrected chi connectivity index (χ1v) is 5.79. The summed E-state index contributed by atoms with van der Waals surface area (Å²) in [5, 5.41) is 0.603. The molecule has 1 aromatic carbocycles. The molecular formula is C12H14Cl2O2. The van der Waals surface area contributed by atoms with Crippen molar-refractivity contribution >= 4 is 29.0 Å². The van der Waals surface area contributed by atoms with Gasteiger partial charge in [-0.3, -0.25) is 4.79 Å². The number of carbonyl (C=O) groups excluding carboxylic acids is 1.